The van der Waals surface area contributed by atoms with Gasteiger partial charge in [-0.25, -0.2) is 0 Å². The molecule has 1 aliphatic carbocycles. The van der Waals surface area contributed by atoms with Crippen LogP contribution in [0.15, 0.2) is 18.2 Å². The zero-order chi connectivity index (χ0) is 21.3. The fourth-order valence-electron chi connectivity index (χ4n) is 3.58. The van der Waals surface area contributed by atoms with Gasteiger partial charge in [-0.3, -0.25) is 10.1 Å². The number of rotatable bonds is 2. The lowest BCUT2D eigenvalue weighted by Crippen LogP contribution is -2.34. The first-order valence-electron chi connectivity index (χ1n) is 9.53. The first kappa shape index (κ1) is 21.8. The summed E-state index contributed by atoms with van der Waals surface area (Å²) in [6.07, 6.45) is 2.96. The molecule has 1 amide bonds. The Bertz CT molecular complexity index is 1010. The second-order valence-electron chi connectivity index (χ2n) is 8.50. The van der Waals surface area contributed by atoms with Gasteiger partial charge in [0.05, 0.1) is 5.56 Å². The third-order valence-corrected chi connectivity index (χ3v) is 7.27. The smallest absolute Gasteiger partial charge is 0.257 e. The maximum atomic E-state index is 12.5. The molecule has 0 bridgehead atoms. The number of anilines is 1. The van der Waals surface area contributed by atoms with Crippen LogP contribution in [0.1, 0.15) is 59.1 Å². The van der Waals surface area contributed by atoms with Crippen molar-refractivity contribution in [3.63, 3.8) is 0 Å². The highest BCUT2D eigenvalue weighted by molar-refractivity contribution is 7.80. The Labute approximate surface area is 186 Å². The fourth-order valence-corrected chi connectivity index (χ4v) is 5.30. The Morgan fingerprint density at radius 1 is 1.38 bits per heavy atom. The third kappa shape index (κ3) is 4.80. The van der Waals surface area contributed by atoms with Crippen LogP contribution in [0.2, 0.25) is 5.02 Å². The molecular formula is C22H24ClN3OS2. The van der Waals surface area contributed by atoms with Crippen LogP contribution in [0, 0.1) is 29.6 Å². The molecule has 4 nitrogen and oxygen atoms in total. The van der Waals surface area contributed by atoms with Crippen molar-refractivity contribution in [2.75, 3.05) is 5.32 Å². The van der Waals surface area contributed by atoms with E-state index < -0.39 is 0 Å². The number of hydrogen-bond donors (Lipinski definition) is 2. The average Bonchev–Trinajstić information content (AvgIpc) is 2.98. The number of nitrogens with one attached hydrogen (secondary N) is 2. The molecule has 0 saturated carbocycles. The molecule has 0 aliphatic heterocycles. The summed E-state index contributed by atoms with van der Waals surface area (Å²) < 4.78 is 0. The summed E-state index contributed by atoms with van der Waals surface area (Å²) in [6, 6.07) is 7.43. The maximum Gasteiger partial charge on any atom is 0.257 e. The van der Waals surface area contributed by atoms with Gasteiger partial charge in [-0.15, -0.1) is 11.3 Å². The third-order valence-electron chi connectivity index (χ3n) is 5.49. The molecule has 0 fully saturated rings. The molecule has 1 aromatic heterocycles. The Hall–Kier alpha value is -1.94. The van der Waals surface area contributed by atoms with Gasteiger partial charge in [-0.1, -0.05) is 38.4 Å². The summed E-state index contributed by atoms with van der Waals surface area (Å²) in [5.74, 6) is 0.253. The number of nitriles is 1. The predicted molar refractivity (Wildman–Crippen MR) is 124 cm³/mol. The molecule has 0 unspecified atom stereocenters. The van der Waals surface area contributed by atoms with E-state index >= 15 is 0 Å². The first-order valence-corrected chi connectivity index (χ1v) is 11.1. The second kappa shape index (κ2) is 8.43. The maximum absolute atomic E-state index is 12.5. The number of fused-ring (bicyclic) bond motifs is 1. The molecular weight excluding hydrogens is 422 g/mol. The Morgan fingerprint density at radius 2 is 2.10 bits per heavy atom. The largest absolute Gasteiger partial charge is 0.323 e. The quantitative estimate of drug-likeness (QED) is 0.568. The zero-order valence-electron chi connectivity index (χ0n) is 17.0. The van der Waals surface area contributed by atoms with Gasteiger partial charge in [0.1, 0.15) is 11.1 Å². The second-order valence-corrected chi connectivity index (χ2v) is 10.4. The van der Waals surface area contributed by atoms with Crippen molar-refractivity contribution in [2.45, 2.75) is 47.0 Å². The van der Waals surface area contributed by atoms with Crippen LogP contribution < -0.4 is 10.6 Å². The number of thiophene rings is 1. The Balaban J connectivity index is 1.74. The number of carbonyl (C=O) groups is 1. The number of amides is 1. The topological polar surface area (TPSA) is 64.9 Å². The molecule has 0 saturated heterocycles. The number of aryl methyl sites for hydroxylation is 1. The van der Waals surface area contributed by atoms with Gasteiger partial charge in [0, 0.05) is 15.5 Å². The van der Waals surface area contributed by atoms with Crippen LogP contribution in [0.25, 0.3) is 0 Å². The monoisotopic (exact) mass is 445 g/mol. The lowest BCUT2D eigenvalue weighted by Gasteiger charge is -2.33. The number of hydrogen-bond acceptors (Lipinski definition) is 4. The molecule has 1 heterocycles. The highest BCUT2D eigenvalue weighted by Gasteiger charge is 2.32. The van der Waals surface area contributed by atoms with E-state index in [1.807, 2.05) is 6.92 Å². The van der Waals surface area contributed by atoms with Crippen LogP contribution in [-0.2, 0) is 12.8 Å². The summed E-state index contributed by atoms with van der Waals surface area (Å²) >= 11 is 13.0. The highest BCUT2D eigenvalue weighted by Crippen LogP contribution is 2.43. The van der Waals surface area contributed by atoms with Gasteiger partial charge in [-0.05, 0) is 73.0 Å². The lowest BCUT2D eigenvalue weighted by molar-refractivity contribution is 0.0977. The summed E-state index contributed by atoms with van der Waals surface area (Å²) in [4.78, 5) is 13.7. The molecule has 2 aromatic rings. The molecule has 1 aromatic carbocycles. The molecule has 152 valence electrons. The highest BCUT2D eigenvalue weighted by atomic mass is 35.5. The molecule has 0 spiro atoms. The standard InChI is InChI=1S/C22H24ClN3OS2/c1-12-5-6-13(9-17(12)23)19(27)25-21(28)26-20-16(11-24)15-8-7-14(22(2,3)4)10-18(15)29-20/h5-6,9,14H,7-8,10H2,1-4H3,(H2,25,26,27,28)/t14-/m0/s1. The molecule has 1 atom stereocenters. The SMILES string of the molecule is Cc1ccc(C(=O)NC(=S)Nc2sc3c(c2C#N)CC[C@H](C(C)(C)C)C3)cc1Cl. The lowest BCUT2D eigenvalue weighted by atomic mass is 9.72. The van der Waals surface area contributed by atoms with E-state index in [1.165, 1.54) is 4.88 Å². The Morgan fingerprint density at radius 3 is 2.72 bits per heavy atom. The summed E-state index contributed by atoms with van der Waals surface area (Å²) in [7, 11) is 0. The van der Waals surface area contributed by atoms with Gasteiger partial charge in [0.25, 0.3) is 5.91 Å². The minimum Gasteiger partial charge on any atom is -0.323 e. The van der Waals surface area contributed by atoms with Gasteiger partial charge in [0.15, 0.2) is 5.11 Å². The number of thiocarbonyl (C=S) groups is 1. The normalized spacial score (nSPS) is 15.9. The summed E-state index contributed by atoms with van der Waals surface area (Å²) in [5.41, 5.74) is 3.34. The van der Waals surface area contributed by atoms with Gasteiger partial charge in [-0.2, -0.15) is 5.26 Å². The van der Waals surface area contributed by atoms with Crippen LogP contribution in [0.4, 0.5) is 5.00 Å². The number of benzene rings is 1. The van der Waals surface area contributed by atoms with Gasteiger partial charge >= 0.3 is 0 Å². The van der Waals surface area contributed by atoms with Crippen LogP contribution >= 0.6 is 35.2 Å². The predicted octanol–water partition coefficient (Wildman–Crippen LogP) is 5.86. The average molecular weight is 446 g/mol. The van der Waals surface area contributed by atoms with Crippen molar-refractivity contribution in [2.24, 2.45) is 11.3 Å². The van der Waals surface area contributed by atoms with Crippen molar-refractivity contribution in [3.05, 3.63) is 50.4 Å². The first-order chi connectivity index (χ1) is 13.6. The van der Waals surface area contributed by atoms with Crippen molar-refractivity contribution in [1.82, 2.24) is 5.32 Å². The van der Waals surface area contributed by atoms with Crippen LogP contribution in [-0.4, -0.2) is 11.0 Å². The fraction of sp³-hybridized carbons (Fsp3) is 0.409. The van der Waals surface area contributed by atoms with E-state index in [0.717, 1.165) is 30.4 Å². The molecule has 7 heteroatoms. The molecule has 2 N–H and O–H groups in total. The zero-order valence-corrected chi connectivity index (χ0v) is 19.4. The van der Waals surface area contributed by atoms with E-state index in [2.05, 4.69) is 37.5 Å². The van der Waals surface area contributed by atoms with Crippen LogP contribution in [0.3, 0.4) is 0 Å². The van der Waals surface area contributed by atoms with Gasteiger partial charge in [0.2, 0.25) is 0 Å². The molecule has 0 radical (unpaired) electrons. The number of halogens is 1. The molecule has 29 heavy (non-hydrogen) atoms. The minimum absolute atomic E-state index is 0.175. The van der Waals surface area contributed by atoms with Crippen molar-refractivity contribution < 1.29 is 4.79 Å². The summed E-state index contributed by atoms with van der Waals surface area (Å²) in [5, 5.41) is 16.8. The van der Waals surface area contributed by atoms with Gasteiger partial charge < -0.3 is 5.32 Å². The Kier molecular flexibility index (Phi) is 6.33. The van der Waals surface area contributed by atoms with Crippen molar-refractivity contribution in [1.29, 1.82) is 5.26 Å². The van der Waals surface area contributed by atoms with Crippen LogP contribution in [0.5, 0.6) is 0 Å². The molecule has 3 rings (SSSR count). The van der Waals surface area contributed by atoms with E-state index in [0.29, 0.717) is 27.1 Å². The van der Waals surface area contributed by atoms with Crippen molar-refractivity contribution >= 4 is 51.2 Å². The number of carbonyl (C=O) groups excluding carboxylic acids is 1. The van der Waals surface area contributed by atoms with E-state index in [-0.39, 0.29) is 16.4 Å². The minimum atomic E-state index is -0.336. The molecule has 1 aliphatic rings. The van der Waals surface area contributed by atoms with E-state index in [9.17, 15) is 10.1 Å². The van der Waals surface area contributed by atoms with Crippen molar-refractivity contribution in [3.8, 4) is 6.07 Å². The number of nitrogens with zero attached hydrogens (tertiary/aromatic N) is 1. The van der Waals surface area contributed by atoms with E-state index in [4.69, 9.17) is 23.8 Å². The van der Waals surface area contributed by atoms with E-state index in [1.54, 1.807) is 29.5 Å². The summed E-state index contributed by atoms with van der Waals surface area (Å²) in [6.45, 7) is 8.68.